The lowest BCUT2D eigenvalue weighted by Gasteiger charge is -2.27. The maximum atomic E-state index is 4.93. The number of nitrogens with zero attached hydrogens (tertiary/aromatic N) is 3. The van der Waals surface area contributed by atoms with Gasteiger partial charge in [0, 0.05) is 10.4 Å². The summed E-state index contributed by atoms with van der Waals surface area (Å²) in [7, 11) is 0. The SMILES string of the molecule is Cc1nc(NCc2cccs2)nc(NC2(C)CCCC2)c1-c1nc2ccccc2s1. The van der Waals surface area contributed by atoms with Crippen LogP contribution in [0.2, 0.25) is 0 Å². The smallest absolute Gasteiger partial charge is 0.225 e. The number of nitrogens with one attached hydrogen (secondary N) is 2. The molecule has 0 atom stereocenters. The molecule has 1 aromatic carbocycles. The summed E-state index contributed by atoms with van der Waals surface area (Å²) in [5, 5.41) is 10.2. The predicted molar refractivity (Wildman–Crippen MR) is 128 cm³/mol. The second kappa shape index (κ2) is 7.96. The number of para-hydroxylation sites is 1. The maximum Gasteiger partial charge on any atom is 0.225 e. The van der Waals surface area contributed by atoms with Crippen LogP contribution in [0.1, 0.15) is 43.2 Å². The van der Waals surface area contributed by atoms with Crippen LogP contribution >= 0.6 is 22.7 Å². The van der Waals surface area contributed by atoms with Gasteiger partial charge in [0.2, 0.25) is 5.95 Å². The highest BCUT2D eigenvalue weighted by molar-refractivity contribution is 7.21. The summed E-state index contributed by atoms with van der Waals surface area (Å²) in [6.07, 6.45) is 4.83. The van der Waals surface area contributed by atoms with Gasteiger partial charge in [0.05, 0.1) is 28.0 Å². The molecular formula is C23H25N5S2. The Balaban J connectivity index is 1.55. The number of rotatable bonds is 6. The van der Waals surface area contributed by atoms with Gasteiger partial charge in [-0.1, -0.05) is 31.0 Å². The minimum Gasteiger partial charge on any atom is -0.364 e. The molecule has 0 saturated heterocycles. The van der Waals surface area contributed by atoms with E-state index in [1.807, 2.05) is 6.07 Å². The summed E-state index contributed by atoms with van der Waals surface area (Å²) >= 11 is 3.44. The van der Waals surface area contributed by atoms with Crippen molar-refractivity contribution >= 4 is 44.7 Å². The van der Waals surface area contributed by atoms with E-state index in [0.29, 0.717) is 5.95 Å². The number of thiazole rings is 1. The van der Waals surface area contributed by atoms with E-state index in [4.69, 9.17) is 15.0 Å². The lowest BCUT2D eigenvalue weighted by molar-refractivity contribution is 0.531. The number of thiophene rings is 1. The third-order valence-electron chi connectivity index (χ3n) is 5.73. The summed E-state index contributed by atoms with van der Waals surface area (Å²) in [4.78, 5) is 15.9. The topological polar surface area (TPSA) is 62.7 Å². The van der Waals surface area contributed by atoms with Crippen molar-refractivity contribution in [2.75, 3.05) is 10.6 Å². The summed E-state index contributed by atoms with van der Waals surface area (Å²) in [5.41, 5.74) is 3.06. The third-order valence-corrected chi connectivity index (χ3v) is 7.66. The standard InChI is InChI=1S/C23H25N5S2/c1-15-19(21-26-17-9-3-4-10-18(17)30-21)20(28-23(2)11-5-6-12-23)27-22(25-15)24-14-16-8-7-13-29-16/h3-4,7-10,13H,5-6,11-12,14H2,1-2H3,(H2,24,25,27,28). The Morgan fingerprint density at radius 2 is 1.87 bits per heavy atom. The molecule has 1 aliphatic carbocycles. The van der Waals surface area contributed by atoms with E-state index < -0.39 is 0 Å². The monoisotopic (exact) mass is 435 g/mol. The molecule has 30 heavy (non-hydrogen) atoms. The lowest BCUT2D eigenvalue weighted by atomic mass is 10.0. The van der Waals surface area contributed by atoms with E-state index in [0.717, 1.165) is 47.0 Å². The first kappa shape index (κ1) is 19.5. The molecule has 1 fully saturated rings. The molecule has 0 aliphatic heterocycles. The van der Waals surface area contributed by atoms with E-state index in [1.54, 1.807) is 22.7 Å². The maximum absolute atomic E-state index is 4.93. The van der Waals surface area contributed by atoms with Crippen molar-refractivity contribution in [3.05, 3.63) is 52.3 Å². The molecule has 3 heterocycles. The average Bonchev–Trinajstić information content (AvgIpc) is 3.47. The Hall–Kier alpha value is -2.51. The van der Waals surface area contributed by atoms with Gasteiger partial charge in [0.25, 0.3) is 0 Å². The number of aromatic nitrogens is 3. The van der Waals surface area contributed by atoms with Gasteiger partial charge in [-0.25, -0.2) is 9.97 Å². The van der Waals surface area contributed by atoms with E-state index in [2.05, 4.69) is 60.2 Å². The largest absolute Gasteiger partial charge is 0.364 e. The minimum atomic E-state index is 0.0667. The fraction of sp³-hybridized carbons (Fsp3) is 0.348. The van der Waals surface area contributed by atoms with Gasteiger partial charge in [0.15, 0.2) is 0 Å². The Kier molecular flexibility index (Phi) is 5.16. The molecule has 0 unspecified atom stereocenters. The number of benzene rings is 1. The van der Waals surface area contributed by atoms with Crippen LogP contribution in [-0.2, 0) is 6.54 Å². The highest BCUT2D eigenvalue weighted by Crippen LogP contribution is 2.39. The second-order valence-corrected chi connectivity index (χ2v) is 10.2. The Bertz CT molecular complexity index is 1130. The van der Waals surface area contributed by atoms with Gasteiger partial charge in [-0.3, -0.25) is 0 Å². The molecule has 5 rings (SSSR count). The Labute approximate surface area is 184 Å². The molecule has 154 valence electrons. The molecule has 5 nitrogen and oxygen atoms in total. The molecule has 0 bridgehead atoms. The van der Waals surface area contributed by atoms with Crippen molar-refractivity contribution in [2.45, 2.75) is 51.6 Å². The molecule has 0 amide bonds. The van der Waals surface area contributed by atoms with Crippen LogP contribution in [0.25, 0.3) is 20.8 Å². The first-order chi connectivity index (χ1) is 14.6. The summed E-state index contributed by atoms with van der Waals surface area (Å²) < 4.78 is 1.19. The van der Waals surface area contributed by atoms with Crippen molar-refractivity contribution in [2.24, 2.45) is 0 Å². The lowest BCUT2D eigenvalue weighted by Crippen LogP contribution is -2.32. The van der Waals surface area contributed by atoms with Crippen molar-refractivity contribution in [1.82, 2.24) is 15.0 Å². The zero-order valence-electron chi connectivity index (χ0n) is 17.2. The Morgan fingerprint density at radius 3 is 2.63 bits per heavy atom. The normalized spacial score (nSPS) is 15.5. The fourth-order valence-electron chi connectivity index (χ4n) is 4.12. The van der Waals surface area contributed by atoms with E-state index in [1.165, 1.54) is 22.4 Å². The fourth-order valence-corrected chi connectivity index (χ4v) is 5.83. The van der Waals surface area contributed by atoms with Gasteiger partial charge in [-0.05, 0) is 50.3 Å². The van der Waals surface area contributed by atoms with Crippen molar-refractivity contribution in [3.63, 3.8) is 0 Å². The number of aryl methyl sites for hydroxylation is 1. The highest BCUT2D eigenvalue weighted by Gasteiger charge is 2.31. The second-order valence-electron chi connectivity index (χ2n) is 8.17. The van der Waals surface area contributed by atoms with Gasteiger partial charge >= 0.3 is 0 Å². The van der Waals surface area contributed by atoms with Crippen molar-refractivity contribution in [1.29, 1.82) is 0 Å². The average molecular weight is 436 g/mol. The van der Waals surface area contributed by atoms with Crippen LogP contribution in [0, 0.1) is 6.92 Å². The van der Waals surface area contributed by atoms with Crippen molar-refractivity contribution in [3.8, 4) is 10.6 Å². The van der Waals surface area contributed by atoms with Crippen LogP contribution in [-0.4, -0.2) is 20.5 Å². The number of hydrogen-bond donors (Lipinski definition) is 2. The molecule has 2 N–H and O–H groups in total. The van der Waals surface area contributed by atoms with E-state index in [9.17, 15) is 0 Å². The van der Waals surface area contributed by atoms with Crippen molar-refractivity contribution < 1.29 is 0 Å². The predicted octanol–water partition coefficient (Wildman–Crippen LogP) is 6.48. The van der Waals surface area contributed by atoms with Crippen LogP contribution in [0.3, 0.4) is 0 Å². The van der Waals surface area contributed by atoms with Gasteiger partial charge < -0.3 is 10.6 Å². The molecule has 0 radical (unpaired) electrons. The number of anilines is 2. The van der Waals surface area contributed by atoms with Crippen LogP contribution in [0.15, 0.2) is 41.8 Å². The summed E-state index contributed by atoms with van der Waals surface area (Å²) in [6, 6.07) is 12.5. The minimum absolute atomic E-state index is 0.0667. The Morgan fingerprint density at radius 1 is 1.03 bits per heavy atom. The van der Waals surface area contributed by atoms with Crippen LogP contribution in [0.5, 0.6) is 0 Å². The summed E-state index contributed by atoms with van der Waals surface area (Å²) in [6.45, 7) is 5.09. The first-order valence-corrected chi connectivity index (χ1v) is 12.1. The molecular weight excluding hydrogens is 410 g/mol. The molecule has 4 aromatic rings. The van der Waals surface area contributed by atoms with Gasteiger partial charge in [-0.2, -0.15) is 4.98 Å². The molecule has 7 heteroatoms. The molecule has 3 aromatic heterocycles. The zero-order valence-corrected chi connectivity index (χ0v) is 18.9. The molecule has 1 saturated carbocycles. The zero-order chi connectivity index (χ0) is 20.6. The van der Waals surface area contributed by atoms with E-state index >= 15 is 0 Å². The number of hydrogen-bond acceptors (Lipinski definition) is 7. The molecule has 1 aliphatic rings. The van der Waals surface area contributed by atoms with Crippen LogP contribution in [0.4, 0.5) is 11.8 Å². The van der Waals surface area contributed by atoms with Gasteiger partial charge in [-0.15, -0.1) is 22.7 Å². The quantitative estimate of drug-likeness (QED) is 0.363. The van der Waals surface area contributed by atoms with E-state index in [-0.39, 0.29) is 5.54 Å². The van der Waals surface area contributed by atoms with Crippen LogP contribution < -0.4 is 10.6 Å². The number of fused-ring (bicyclic) bond motifs is 1. The molecule has 0 spiro atoms. The highest BCUT2D eigenvalue weighted by atomic mass is 32.1. The summed E-state index contributed by atoms with van der Waals surface area (Å²) in [5.74, 6) is 1.55. The first-order valence-electron chi connectivity index (χ1n) is 10.4. The third kappa shape index (κ3) is 3.91. The van der Waals surface area contributed by atoms with Gasteiger partial charge in [0.1, 0.15) is 10.8 Å².